The van der Waals surface area contributed by atoms with Crippen molar-refractivity contribution in [3.05, 3.63) is 0 Å². The van der Waals surface area contributed by atoms with Crippen LogP contribution in [0.3, 0.4) is 0 Å². The zero-order valence-corrected chi connectivity index (χ0v) is 14.5. The van der Waals surface area contributed by atoms with Crippen molar-refractivity contribution in [2.45, 2.75) is 52.1 Å². The maximum Gasteiger partial charge on any atom is 0.234 e. The number of morpholine rings is 1. The Balaban J connectivity index is 1.77. The van der Waals surface area contributed by atoms with Crippen LogP contribution >= 0.6 is 0 Å². The minimum atomic E-state index is 0.177. The Morgan fingerprint density at radius 3 is 2.59 bits per heavy atom. The van der Waals surface area contributed by atoms with E-state index in [9.17, 15) is 4.79 Å². The summed E-state index contributed by atoms with van der Waals surface area (Å²) in [5.41, 5.74) is 0. The first kappa shape index (κ1) is 17.7. The minimum Gasteiger partial charge on any atom is -0.379 e. The van der Waals surface area contributed by atoms with Gasteiger partial charge in [-0.25, -0.2) is 0 Å². The highest BCUT2D eigenvalue weighted by molar-refractivity contribution is 5.78. The van der Waals surface area contributed by atoms with Gasteiger partial charge >= 0.3 is 0 Å². The van der Waals surface area contributed by atoms with E-state index in [0.29, 0.717) is 24.5 Å². The lowest BCUT2D eigenvalue weighted by Crippen LogP contribution is -2.50. The van der Waals surface area contributed by atoms with Crippen LogP contribution in [0.1, 0.15) is 40.0 Å². The van der Waals surface area contributed by atoms with Gasteiger partial charge in [-0.15, -0.1) is 0 Å². The predicted molar refractivity (Wildman–Crippen MR) is 88.9 cm³/mol. The first-order valence-corrected chi connectivity index (χ1v) is 8.88. The van der Waals surface area contributed by atoms with Crippen molar-refractivity contribution in [2.75, 3.05) is 45.9 Å². The molecule has 0 unspecified atom stereocenters. The molecule has 0 aromatic heterocycles. The van der Waals surface area contributed by atoms with Gasteiger partial charge in [0.25, 0.3) is 0 Å². The van der Waals surface area contributed by atoms with Gasteiger partial charge in [0.2, 0.25) is 5.91 Å². The van der Waals surface area contributed by atoms with E-state index in [1.807, 2.05) is 0 Å². The highest BCUT2D eigenvalue weighted by atomic mass is 16.5. The van der Waals surface area contributed by atoms with E-state index in [0.717, 1.165) is 45.8 Å². The van der Waals surface area contributed by atoms with Crippen molar-refractivity contribution >= 4 is 5.91 Å². The second-order valence-electron chi connectivity index (χ2n) is 7.20. The number of hydrogen-bond donors (Lipinski definition) is 1. The minimum absolute atomic E-state index is 0.177. The normalized spacial score (nSPS) is 25.5. The summed E-state index contributed by atoms with van der Waals surface area (Å²) < 4.78 is 5.45. The van der Waals surface area contributed by atoms with E-state index in [4.69, 9.17) is 4.74 Å². The van der Waals surface area contributed by atoms with Crippen molar-refractivity contribution in [3.8, 4) is 0 Å². The molecule has 2 aliphatic rings. The van der Waals surface area contributed by atoms with Crippen LogP contribution in [0.15, 0.2) is 0 Å². The zero-order valence-electron chi connectivity index (χ0n) is 14.5. The quantitative estimate of drug-likeness (QED) is 0.770. The highest BCUT2D eigenvalue weighted by Crippen LogP contribution is 2.16. The molecule has 5 nitrogen and oxygen atoms in total. The second-order valence-corrected chi connectivity index (χ2v) is 7.20. The summed E-state index contributed by atoms with van der Waals surface area (Å²) in [5.74, 6) is 0.819. The number of nitrogens with zero attached hydrogens (tertiary/aromatic N) is 2. The molecule has 1 amide bonds. The highest BCUT2D eigenvalue weighted by Gasteiger charge is 2.25. The van der Waals surface area contributed by atoms with Crippen LogP contribution in [-0.2, 0) is 9.53 Å². The number of nitrogens with one attached hydrogen (secondary N) is 1. The first-order valence-electron chi connectivity index (χ1n) is 8.88. The predicted octanol–water partition coefficient (Wildman–Crippen LogP) is 1.33. The lowest BCUT2D eigenvalue weighted by atomic mass is 10.0. The number of amides is 1. The Bertz CT molecular complexity index is 343. The first-order chi connectivity index (χ1) is 10.6. The third kappa shape index (κ3) is 5.52. The monoisotopic (exact) mass is 311 g/mol. The molecule has 2 saturated heterocycles. The molecule has 22 heavy (non-hydrogen) atoms. The lowest BCUT2D eigenvalue weighted by molar-refractivity contribution is -0.122. The van der Waals surface area contributed by atoms with Crippen LogP contribution in [0.2, 0.25) is 0 Å². The van der Waals surface area contributed by atoms with Crippen LogP contribution < -0.4 is 5.32 Å². The van der Waals surface area contributed by atoms with Gasteiger partial charge in [-0.2, -0.15) is 0 Å². The molecular weight excluding hydrogens is 278 g/mol. The summed E-state index contributed by atoms with van der Waals surface area (Å²) in [6.45, 7) is 12.7. The van der Waals surface area contributed by atoms with E-state index in [1.54, 1.807) is 0 Å². The van der Waals surface area contributed by atoms with Crippen LogP contribution in [0, 0.1) is 5.92 Å². The average molecular weight is 311 g/mol. The van der Waals surface area contributed by atoms with Crippen molar-refractivity contribution in [3.63, 3.8) is 0 Å². The van der Waals surface area contributed by atoms with E-state index in [1.165, 1.54) is 12.8 Å². The Morgan fingerprint density at radius 2 is 2.00 bits per heavy atom. The Labute approximate surface area is 135 Å². The molecule has 128 valence electrons. The van der Waals surface area contributed by atoms with Gasteiger partial charge in [0.1, 0.15) is 0 Å². The topological polar surface area (TPSA) is 44.8 Å². The summed E-state index contributed by atoms with van der Waals surface area (Å²) >= 11 is 0. The molecule has 0 radical (unpaired) electrons. The molecule has 1 N–H and O–H groups in total. The summed E-state index contributed by atoms with van der Waals surface area (Å²) in [6.07, 6.45) is 3.57. The Kier molecular flexibility index (Phi) is 7.12. The molecule has 2 atom stereocenters. The van der Waals surface area contributed by atoms with E-state index >= 15 is 0 Å². The third-order valence-corrected chi connectivity index (χ3v) is 4.88. The molecular formula is C17H33N3O2. The zero-order chi connectivity index (χ0) is 15.9. The molecule has 2 rings (SSSR count). The molecule has 5 heteroatoms. The van der Waals surface area contributed by atoms with Gasteiger partial charge in [-0.05, 0) is 38.6 Å². The van der Waals surface area contributed by atoms with Crippen molar-refractivity contribution in [2.24, 2.45) is 5.92 Å². The number of carbonyl (C=O) groups excluding carboxylic acids is 1. The van der Waals surface area contributed by atoms with Crippen LogP contribution in [0.5, 0.6) is 0 Å². The molecule has 0 aliphatic carbocycles. The second kappa shape index (κ2) is 8.85. The third-order valence-electron chi connectivity index (χ3n) is 4.88. The molecule has 0 aromatic carbocycles. The van der Waals surface area contributed by atoms with E-state index in [2.05, 4.69) is 35.9 Å². The van der Waals surface area contributed by atoms with Gasteiger partial charge in [-0.3, -0.25) is 14.6 Å². The molecule has 0 bridgehead atoms. The van der Waals surface area contributed by atoms with Crippen LogP contribution in [0.4, 0.5) is 0 Å². The number of hydrogen-bond acceptors (Lipinski definition) is 4. The smallest absolute Gasteiger partial charge is 0.234 e. The van der Waals surface area contributed by atoms with Crippen LogP contribution in [0.25, 0.3) is 0 Å². The number of rotatable bonds is 7. The molecule has 0 spiro atoms. The largest absolute Gasteiger partial charge is 0.379 e. The summed E-state index contributed by atoms with van der Waals surface area (Å²) in [6, 6.07) is 0.986. The van der Waals surface area contributed by atoms with Gasteiger partial charge in [0, 0.05) is 31.7 Å². The lowest BCUT2D eigenvalue weighted by Gasteiger charge is -2.35. The fraction of sp³-hybridized carbons (Fsp3) is 0.941. The number of likely N-dealkylation sites (tertiary alicyclic amines) is 1. The van der Waals surface area contributed by atoms with Crippen molar-refractivity contribution < 1.29 is 9.53 Å². The Hall–Kier alpha value is -0.650. The molecule has 0 saturated carbocycles. The molecule has 2 fully saturated rings. The molecule has 2 heterocycles. The van der Waals surface area contributed by atoms with Gasteiger partial charge in [-0.1, -0.05) is 13.8 Å². The van der Waals surface area contributed by atoms with E-state index < -0.39 is 0 Å². The van der Waals surface area contributed by atoms with Crippen LogP contribution in [-0.4, -0.2) is 73.7 Å². The maximum atomic E-state index is 12.2. The summed E-state index contributed by atoms with van der Waals surface area (Å²) in [7, 11) is 0. The fourth-order valence-corrected chi connectivity index (χ4v) is 3.55. The summed E-state index contributed by atoms with van der Waals surface area (Å²) in [4.78, 5) is 17.0. The average Bonchev–Trinajstić information content (AvgIpc) is 2.89. The molecule has 0 aromatic rings. The van der Waals surface area contributed by atoms with Crippen molar-refractivity contribution in [1.29, 1.82) is 0 Å². The standard InChI is InChI=1S/C17H33N3O2/c1-14(2)11-16(19-7-9-22-10-8-19)12-18-17(21)13-20-6-4-5-15(20)3/h14-16H,4-13H2,1-3H3,(H,18,21)/t15-,16-/m0/s1. The SMILES string of the molecule is CC(C)C[C@@H](CNC(=O)CN1CCC[C@@H]1C)N1CCOCC1. The van der Waals surface area contributed by atoms with Gasteiger partial charge < -0.3 is 10.1 Å². The number of carbonyl (C=O) groups is 1. The van der Waals surface area contributed by atoms with Crippen molar-refractivity contribution in [1.82, 2.24) is 15.1 Å². The van der Waals surface area contributed by atoms with E-state index in [-0.39, 0.29) is 5.91 Å². The summed E-state index contributed by atoms with van der Waals surface area (Å²) in [5, 5.41) is 3.17. The maximum absolute atomic E-state index is 12.2. The molecule has 2 aliphatic heterocycles. The number of ether oxygens (including phenoxy) is 1. The van der Waals surface area contributed by atoms with Gasteiger partial charge in [0.05, 0.1) is 19.8 Å². The van der Waals surface area contributed by atoms with Gasteiger partial charge in [0.15, 0.2) is 0 Å². The Morgan fingerprint density at radius 1 is 1.27 bits per heavy atom. The fourth-order valence-electron chi connectivity index (χ4n) is 3.55.